The Morgan fingerprint density at radius 3 is 2.45 bits per heavy atom. The van der Waals surface area contributed by atoms with Crippen LogP contribution in [0.25, 0.3) is 0 Å². The quantitative estimate of drug-likeness (QED) is 0.730. The molecule has 1 fully saturated rings. The molecule has 0 radical (unpaired) electrons. The fourth-order valence-electron chi connectivity index (χ4n) is 2.44. The van der Waals surface area contributed by atoms with Crippen molar-refractivity contribution in [3.63, 3.8) is 0 Å². The van der Waals surface area contributed by atoms with Crippen LogP contribution in [0.2, 0.25) is 0 Å². The van der Waals surface area contributed by atoms with Gasteiger partial charge in [0.15, 0.2) is 5.82 Å². The van der Waals surface area contributed by atoms with Gasteiger partial charge in [0.2, 0.25) is 0 Å². The van der Waals surface area contributed by atoms with Gasteiger partial charge < -0.3 is 0 Å². The Kier molecular flexibility index (Phi) is 4.88. The SMILES string of the molecule is C=CCN1CCN(Cc2nnnn2C(C)(C)CC)CC1. The molecule has 1 aliphatic rings. The zero-order valence-corrected chi connectivity index (χ0v) is 12.9. The molecule has 0 unspecified atom stereocenters. The summed E-state index contributed by atoms with van der Waals surface area (Å²) in [7, 11) is 0. The smallest absolute Gasteiger partial charge is 0.165 e. The van der Waals surface area contributed by atoms with E-state index in [2.05, 4.69) is 52.7 Å². The summed E-state index contributed by atoms with van der Waals surface area (Å²) in [6.07, 6.45) is 2.98. The molecule has 0 bridgehead atoms. The molecule has 0 aliphatic carbocycles. The van der Waals surface area contributed by atoms with E-state index < -0.39 is 0 Å². The number of tetrazole rings is 1. The number of hydrogen-bond donors (Lipinski definition) is 0. The van der Waals surface area contributed by atoms with Gasteiger partial charge in [-0.15, -0.1) is 11.7 Å². The van der Waals surface area contributed by atoms with E-state index in [9.17, 15) is 0 Å². The molecule has 6 heteroatoms. The maximum atomic E-state index is 4.21. The zero-order chi connectivity index (χ0) is 14.6. The van der Waals surface area contributed by atoms with Crippen molar-refractivity contribution in [3.05, 3.63) is 18.5 Å². The highest BCUT2D eigenvalue weighted by molar-refractivity contribution is 4.90. The van der Waals surface area contributed by atoms with Crippen LogP contribution >= 0.6 is 0 Å². The summed E-state index contributed by atoms with van der Waals surface area (Å²) in [5, 5.41) is 12.2. The summed E-state index contributed by atoms with van der Waals surface area (Å²) in [6.45, 7) is 16.4. The molecule has 0 amide bonds. The van der Waals surface area contributed by atoms with Crippen molar-refractivity contribution < 1.29 is 0 Å². The number of aromatic nitrogens is 4. The Bertz CT molecular complexity index is 431. The first-order chi connectivity index (χ1) is 9.56. The van der Waals surface area contributed by atoms with Crippen molar-refractivity contribution in [2.45, 2.75) is 39.3 Å². The van der Waals surface area contributed by atoms with E-state index in [-0.39, 0.29) is 5.54 Å². The van der Waals surface area contributed by atoms with Gasteiger partial charge in [0.05, 0.1) is 12.1 Å². The van der Waals surface area contributed by atoms with Gasteiger partial charge in [-0.1, -0.05) is 13.0 Å². The molecule has 2 heterocycles. The molecule has 20 heavy (non-hydrogen) atoms. The second kappa shape index (κ2) is 6.45. The Morgan fingerprint density at radius 1 is 1.20 bits per heavy atom. The topological polar surface area (TPSA) is 50.1 Å². The second-order valence-corrected chi connectivity index (χ2v) is 6.04. The van der Waals surface area contributed by atoms with E-state index in [4.69, 9.17) is 0 Å². The number of piperazine rings is 1. The molecule has 1 aromatic rings. The molecule has 0 atom stereocenters. The Balaban J connectivity index is 1.95. The van der Waals surface area contributed by atoms with Gasteiger partial charge in [-0.25, -0.2) is 4.68 Å². The summed E-state index contributed by atoms with van der Waals surface area (Å²) < 4.78 is 1.98. The van der Waals surface area contributed by atoms with Gasteiger partial charge in [0.25, 0.3) is 0 Å². The van der Waals surface area contributed by atoms with Crippen LogP contribution in [0, 0.1) is 0 Å². The van der Waals surface area contributed by atoms with Crippen molar-refractivity contribution >= 4 is 0 Å². The van der Waals surface area contributed by atoms with E-state index >= 15 is 0 Å². The van der Waals surface area contributed by atoms with E-state index in [1.54, 1.807) is 0 Å². The molecule has 0 aromatic carbocycles. The molecule has 0 spiro atoms. The third-order valence-electron chi connectivity index (χ3n) is 4.19. The fraction of sp³-hybridized carbons (Fsp3) is 0.786. The van der Waals surface area contributed by atoms with Crippen LogP contribution in [0.4, 0.5) is 0 Å². The molecule has 0 N–H and O–H groups in total. The van der Waals surface area contributed by atoms with Gasteiger partial charge in [-0.2, -0.15) is 0 Å². The summed E-state index contributed by atoms with van der Waals surface area (Å²) in [5.41, 5.74) is -0.0243. The van der Waals surface area contributed by atoms with Gasteiger partial charge in [0.1, 0.15) is 0 Å². The van der Waals surface area contributed by atoms with Crippen LogP contribution in [0.15, 0.2) is 12.7 Å². The minimum absolute atomic E-state index is 0.0243. The van der Waals surface area contributed by atoms with Crippen LogP contribution in [0.5, 0.6) is 0 Å². The lowest BCUT2D eigenvalue weighted by Crippen LogP contribution is -2.46. The second-order valence-electron chi connectivity index (χ2n) is 6.04. The molecular formula is C14H26N6. The lowest BCUT2D eigenvalue weighted by atomic mass is 10.0. The Hall–Kier alpha value is -1.27. The molecule has 2 rings (SSSR count). The summed E-state index contributed by atoms with van der Waals surface area (Å²) >= 11 is 0. The van der Waals surface area contributed by atoms with Crippen molar-refractivity contribution in [3.8, 4) is 0 Å². The molecule has 6 nitrogen and oxygen atoms in total. The molecule has 1 aromatic heterocycles. The molecule has 1 saturated heterocycles. The van der Waals surface area contributed by atoms with Crippen molar-refractivity contribution in [1.29, 1.82) is 0 Å². The lowest BCUT2D eigenvalue weighted by Gasteiger charge is -2.34. The standard InChI is InChI=1S/C14H26N6/c1-5-7-18-8-10-19(11-9-18)12-13-15-16-17-20(13)14(3,4)6-2/h5H,1,6-12H2,2-4H3. The maximum absolute atomic E-state index is 4.21. The minimum atomic E-state index is -0.0243. The number of hydrogen-bond acceptors (Lipinski definition) is 5. The molecule has 1 aliphatic heterocycles. The van der Waals surface area contributed by atoms with E-state index in [1.807, 2.05) is 10.8 Å². The lowest BCUT2D eigenvalue weighted by molar-refractivity contribution is 0.130. The van der Waals surface area contributed by atoms with Crippen LogP contribution < -0.4 is 0 Å². The van der Waals surface area contributed by atoms with Crippen molar-refractivity contribution in [1.82, 2.24) is 30.0 Å². The Morgan fingerprint density at radius 2 is 1.85 bits per heavy atom. The van der Waals surface area contributed by atoms with Gasteiger partial charge in [0, 0.05) is 32.7 Å². The van der Waals surface area contributed by atoms with Crippen LogP contribution in [0.3, 0.4) is 0 Å². The first-order valence-corrected chi connectivity index (χ1v) is 7.40. The van der Waals surface area contributed by atoms with Gasteiger partial charge >= 0.3 is 0 Å². The Labute approximate surface area is 121 Å². The molecular weight excluding hydrogens is 252 g/mol. The number of nitrogens with zero attached hydrogens (tertiary/aromatic N) is 6. The van der Waals surface area contributed by atoms with Crippen LogP contribution in [-0.4, -0.2) is 62.7 Å². The normalized spacial score (nSPS) is 18.4. The third-order valence-corrected chi connectivity index (χ3v) is 4.19. The molecule has 0 saturated carbocycles. The predicted octanol–water partition coefficient (Wildman–Crippen LogP) is 1.12. The third kappa shape index (κ3) is 3.43. The summed E-state index contributed by atoms with van der Waals surface area (Å²) in [5.74, 6) is 0.967. The maximum Gasteiger partial charge on any atom is 0.165 e. The first-order valence-electron chi connectivity index (χ1n) is 7.40. The largest absolute Gasteiger partial charge is 0.297 e. The fourth-order valence-corrected chi connectivity index (χ4v) is 2.44. The predicted molar refractivity (Wildman–Crippen MR) is 79.3 cm³/mol. The van der Waals surface area contributed by atoms with Crippen molar-refractivity contribution in [2.75, 3.05) is 32.7 Å². The van der Waals surface area contributed by atoms with Crippen LogP contribution in [-0.2, 0) is 12.1 Å². The van der Waals surface area contributed by atoms with Crippen molar-refractivity contribution in [2.24, 2.45) is 0 Å². The molecule has 112 valence electrons. The van der Waals surface area contributed by atoms with E-state index in [0.717, 1.165) is 51.5 Å². The van der Waals surface area contributed by atoms with Crippen LogP contribution in [0.1, 0.15) is 33.0 Å². The highest BCUT2D eigenvalue weighted by Gasteiger charge is 2.25. The van der Waals surface area contributed by atoms with E-state index in [0.29, 0.717) is 0 Å². The average molecular weight is 278 g/mol. The minimum Gasteiger partial charge on any atom is -0.297 e. The van der Waals surface area contributed by atoms with Gasteiger partial charge in [-0.3, -0.25) is 9.80 Å². The van der Waals surface area contributed by atoms with E-state index in [1.165, 1.54) is 0 Å². The highest BCUT2D eigenvalue weighted by atomic mass is 15.6. The first kappa shape index (κ1) is 15.1. The van der Waals surface area contributed by atoms with Gasteiger partial charge in [-0.05, 0) is 30.7 Å². The zero-order valence-electron chi connectivity index (χ0n) is 12.9. The number of rotatable bonds is 6. The average Bonchev–Trinajstić information content (AvgIpc) is 2.90. The summed E-state index contributed by atoms with van der Waals surface area (Å²) in [4.78, 5) is 4.84. The monoisotopic (exact) mass is 278 g/mol. The highest BCUT2D eigenvalue weighted by Crippen LogP contribution is 2.19. The summed E-state index contributed by atoms with van der Waals surface area (Å²) in [6, 6.07) is 0.